The number of nitriles is 1. The number of carbonyl (C=O) groups is 1. The van der Waals surface area contributed by atoms with Crippen molar-refractivity contribution < 1.29 is 15.0 Å². The van der Waals surface area contributed by atoms with E-state index in [9.17, 15) is 20.3 Å². The standard InChI is InChI=1S/C20H27NO3/c1-18-7-5-13(22)9-12(18)3-4-14-15(18)6-8-19(2)16(14)10-17(23)20(19,24)11-21/h9,14-17,23-24H,3-8,10H2,1-2H3. The SMILES string of the molecule is CC12CCC(=O)C=C1CCC1C2CCC2(C)C1CC(O)C2(O)C#N. The molecule has 0 spiro atoms. The molecule has 4 aliphatic rings. The Labute approximate surface area is 143 Å². The van der Waals surface area contributed by atoms with E-state index in [2.05, 4.69) is 6.92 Å². The largest absolute Gasteiger partial charge is 0.389 e. The van der Waals surface area contributed by atoms with Gasteiger partial charge in [0.25, 0.3) is 0 Å². The van der Waals surface area contributed by atoms with Crippen LogP contribution in [-0.4, -0.2) is 27.7 Å². The summed E-state index contributed by atoms with van der Waals surface area (Å²) in [5.41, 5.74) is -0.749. The fourth-order valence-corrected chi connectivity index (χ4v) is 6.78. The molecule has 4 rings (SSSR count). The molecule has 0 saturated heterocycles. The van der Waals surface area contributed by atoms with Gasteiger partial charge in [0.1, 0.15) is 6.07 Å². The third-order valence-electron chi connectivity index (χ3n) is 8.35. The summed E-state index contributed by atoms with van der Waals surface area (Å²) < 4.78 is 0. The van der Waals surface area contributed by atoms with E-state index in [1.807, 2.05) is 19.1 Å². The van der Waals surface area contributed by atoms with Gasteiger partial charge in [-0.15, -0.1) is 0 Å². The van der Waals surface area contributed by atoms with Crippen LogP contribution < -0.4 is 0 Å². The molecule has 4 aliphatic carbocycles. The molecule has 7 atom stereocenters. The fourth-order valence-electron chi connectivity index (χ4n) is 6.78. The normalized spacial score (nSPS) is 53.5. The van der Waals surface area contributed by atoms with Crippen LogP contribution in [0.1, 0.15) is 58.8 Å². The number of allylic oxidation sites excluding steroid dienone is 1. The number of hydrogen-bond donors (Lipinski definition) is 2. The molecule has 0 heterocycles. The Hall–Kier alpha value is -1.18. The minimum Gasteiger partial charge on any atom is -0.389 e. The molecule has 2 N–H and O–H groups in total. The van der Waals surface area contributed by atoms with Gasteiger partial charge in [-0.25, -0.2) is 0 Å². The summed E-state index contributed by atoms with van der Waals surface area (Å²) in [4.78, 5) is 11.8. The fraction of sp³-hybridized carbons (Fsp3) is 0.800. The number of aliphatic hydroxyl groups excluding tert-OH is 1. The first-order valence-corrected chi connectivity index (χ1v) is 9.32. The lowest BCUT2D eigenvalue weighted by molar-refractivity contribution is -0.125. The number of nitrogens with zero attached hydrogens (tertiary/aromatic N) is 1. The third kappa shape index (κ3) is 1.78. The van der Waals surface area contributed by atoms with Gasteiger partial charge in [0, 0.05) is 11.8 Å². The Balaban J connectivity index is 1.72. The topological polar surface area (TPSA) is 81.3 Å². The van der Waals surface area contributed by atoms with E-state index >= 15 is 0 Å². The lowest BCUT2D eigenvalue weighted by atomic mass is 9.46. The van der Waals surface area contributed by atoms with E-state index in [0.29, 0.717) is 24.7 Å². The van der Waals surface area contributed by atoms with Gasteiger partial charge in [0.15, 0.2) is 11.4 Å². The lowest BCUT2D eigenvalue weighted by Crippen LogP contribution is -2.56. The van der Waals surface area contributed by atoms with Crippen molar-refractivity contribution in [2.75, 3.05) is 0 Å². The lowest BCUT2D eigenvalue weighted by Gasteiger charge is -2.58. The average molecular weight is 329 g/mol. The summed E-state index contributed by atoms with van der Waals surface area (Å²) in [7, 11) is 0. The number of rotatable bonds is 0. The maximum absolute atomic E-state index is 11.8. The van der Waals surface area contributed by atoms with Crippen molar-refractivity contribution in [2.45, 2.75) is 70.5 Å². The first-order chi connectivity index (χ1) is 11.3. The van der Waals surface area contributed by atoms with E-state index < -0.39 is 17.1 Å². The molecule has 3 saturated carbocycles. The van der Waals surface area contributed by atoms with Crippen molar-refractivity contribution >= 4 is 5.78 Å². The second-order valence-electron chi connectivity index (χ2n) is 9.05. The minimum absolute atomic E-state index is 0.0798. The Morgan fingerprint density at radius 2 is 1.96 bits per heavy atom. The van der Waals surface area contributed by atoms with Crippen LogP contribution in [0.3, 0.4) is 0 Å². The highest BCUT2D eigenvalue weighted by Crippen LogP contribution is 2.67. The summed E-state index contributed by atoms with van der Waals surface area (Å²) in [6.07, 6.45) is 6.72. The Bertz CT molecular complexity index is 664. The molecule has 0 bridgehead atoms. The minimum atomic E-state index is -1.62. The highest BCUT2D eigenvalue weighted by atomic mass is 16.3. The quantitative estimate of drug-likeness (QED) is 0.670. The summed E-state index contributed by atoms with van der Waals surface area (Å²) in [6, 6.07) is 2.05. The number of carbonyl (C=O) groups excluding carboxylic acids is 1. The van der Waals surface area contributed by atoms with Crippen LogP contribution >= 0.6 is 0 Å². The second kappa shape index (κ2) is 4.93. The molecule has 4 nitrogen and oxygen atoms in total. The van der Waals surface area contributed by atoms with Crippen molar-refractivity contribution in [3.8, 4) is 6.07 Å². The zero-order chi connectivity index (χ0) is 17.3. The van der Waals surface area contributed by atoms with Crippen LogP contribution in [-0.2, 0) is 4.79 Å². The van der Waals surface area contributed by atoms with Gasteiger partial charge in [-0.1, -0.05) is 19.4 Å². The predicted molar refractivity (Wildman–Crippen MR) is 88.7 cm³/mol. The molecule has 130 valence electrons. The number of hydrogen-bond acceptors (Lipinski definition) is 4. The molecule has 0 aromatic rings. The molecule has 0 aromatic heterocycles. The molecule has 3 fully saturated rings. The molecule has 4 heteroatoms. The van der Waals surface area contributed by atoms with E-state index in [4.69, 9.17) is 0 Å². The zero-order valence-electron chi connectivity index (χ0n) is 14.6. The number of ketones is 1. The van der Waals surface area contributed by atoms with Gasteiger partial charge in [-0.2, -0.15) is 5.26 Å². The Kier molecular flexibility index (Phi) is 3.34. The monoisotopic (exact) mass is 329 g/mol. The van der Waals surface area contributed by atoms with Crippen molar-refractivity contribution in [3.05, 3.63) is 11.6 Å². The van der Waals surface area contributed by atoms with E-state index in [0.717, 1.165) is 32.1 Å². The highest BCUT2D eigenvalue weighted by Gasteiger charge is 2.67. The van der Waals surface area contributed by atoms with Crippen LogP contribution in [0, 0.1) is 39.9 Å². The van der Waals surface area contributed by atoms with Crippen LogP contribution in [0.2, 0.25) is 0 Å². The molecule has 24 heavy (non-hydrogen) atoms. The maximum atomic E-state index is 11.8. The maximum Gasteiger partial charge on any atom is 0.182 e. The van der Waals surface area contributed by atoms with Crippen LogP contribution in [0.4, 0.5) is 0 Å². The number of fused-ring (bicyclic) bond motifs is 5. The molecule has 0 aliphatic heterocycles. The van der Waals surface area contributed by atoms with Crippen molar-refractivity contribution in [2.24, 2.45) is 28.6 Å². The van der Waals surface area contributed by atoms with Crippen LogP contribution in [0.25, 0.3) is 0 Å². The van der Waals surface area contributed by atoms with Gasteiger partial charge < -0.3 is 10.2 Å². The van der Waals surface area contributed by atoms with Crippen LogP contribution in [0.15, 0.2) is 11.6 Å². The van der Waals surface area contributed by atoms with Gasteiger partial charge in [0.05, 0.1) is 6.10 Å². The van der Waals surface area contributed by atoms with Gasteiger partial charge in [0.2, 0.25) is 0 Å². The molecule has 0 amide bonds. The third-order valence-corrected chi connectivity index (χ3v) is 8.35. The summed E-state index contributed by atoms with van der Waals surface area (Å²) in [5, 5.41) is 30.9. The van der Waals surface area contributed by atoms with Crippen molar-refractivity contribution in [1.82, 2.24) is 0 Å². The van der Waals surface area contributed by atoms with Crippen molar-refractivity contribution in [1.29, 1.82) is 5.26 Å². The highest BCUT2D eigenvalue weighted by molar-refractivity contribution is 5.91. The van der Waals surface area contributed by atoms with E-state index in [1.54, 1.807) is 0 Å². The smallest absolute Gasteiger partial charge is 0.182 e. The summed E-state index contributed by atoms with van der Waals surface area (Å²) in [5.74, 6) is 1.37. The number of aliphatic hydroxyl groups is 2. The molecule has 0 aromatic carbocycles. The van der Waals surface area contributed by atoms with Gasteiger partial charge in [-0.05, 0) is 67.8 Å². The molecular weight excluding hydrogens is 302 g/mol. The van der Waals surface area contributed by atoms with Gasteiger partial charge >= 0.3 is 0 Å². The molecular formula is C20H27NO3. The second-order valence-corrected chi connectivity index (χ2v) is 9.05. The van der Waals surface area contributed by atoms with Crippen molar-refractivity contribution in [3.63, 3.8) is 0 Å². The summed E-state index contributed by atoms with van der Waals surface area (Å²) in [6.45, 7) is 4.32. The zero-order valence-corrected chi connectivity index (χ0v) is 14.6. The molecule has 7 unspecified atom stereocenters. The summed E-state index contributed by atoms with van der Waals surface area (Å²) >= 11 is 0. The average Bonchev–Trinajstić information content (AvgIpc) is 2.76. The Morgan fingerprint density at radius 3 is 2.67 bits per heavy atom. The predicted octanol–water partition coefficient (Wildman–Crippen LogP) is 2.74. The first kappa shape index (κ1) is 16.3. The van der Waals surface area contributed by atoms with Crippen LogP contribution in [0.5, 0.6) is 0 Å². The Morgan fingerprint density at radius 1 is 1.21 bits per heavy atom. The first-order valence-electron chi connectivity index (χ1n) is 9.32. The van der Waals surface area contributed by atoms with E-state index in [-0.39, 0.29) is 17.1 Å². The van der Waals surface area contributed by atoms with Gasteiger partial charge in [-0.3, -0.25) is 4.79 Å². The van der Waals surface area contributed by atoms with E-state index in [1.165, 1.54) is 5.57 Å². The molecule has 0 radical (unpaired) electrons.